The Kier molecular flexibility index (Phi) is 6.03. The number of aromatic nitrogens is 2. The molecule has 4 fully saturated rings. The molecule has 1 aromatic heterocycles. The second-order valence-electron chi connectivity index (χ2n) is 11.5. The maximum absolute atomic E-state index is 13.5. The van der Waals surface area contributed by atoms with Crippen molar-refractivity contribution < 1.29 is 18.1 Å². The molecule has 3 heterocycles. The van der Waals surface area contributed by atoms with Crippen LogP contribution in [0.2, 0.25) is 0 Å². The van der Waals surface area contributed by atoms with Gasteiger partial charge in [0, 0.05) is 43.8 Å². The Hall–Kier alpha value is -1.57. The van der Waals surface area contributed by atoms with Gasteiger partial charge in [0.2, 0.25) is 17.7 Å². The summed E-state index contributed by atoms with van der Waals surface area (Å²) in [5.74, 6) is -0.910. The average Bonchev–Trinajstić information content (AvgIpc) is 3.28. The first kappa shape index (κ1) is 23.2. The summed E-state index contributed by atoms with van der Waals surface area (Å²) in [6.07, 6.45) is 8.20. The van der Waals surface area contributed by atoms with Crippen LogP contribution >= 0.6 is 0 Å². The summed E-state index contributed by atoms with van der Waals surface area (Å²) in [5.41, 5.74) is 0.225. The van der Waals surface area contributed by atoms with E-state index in [1.54, 1.807) is 0 Å². The molecule has 0 bridgehead atoms. The molecule has 33 heavy (non-hydrogen) atoms. The Labute approximate surface area is 195 Å². The third kappa shape index (κ3) is 4.32. The fraction of sp³-hybridized carbons (Fsp3) is 0.880. The number of piperidine rings is 2. The summed E-state index contributed by atoms with van der Waals surface area (Å²) >= 11 is 0. The largest absolute Gasteiger partial charge is 0.341 e. The van der Waals surface area contributed by atoms with Gasteiger partial charge in [0.05, 0.1) is 6.04 Å². The molecule has 2 saturated carbocycles. The van der Waals surface area contributed by atoms with Crippen molar-refractivity contribution in [1.29, 1.82) is 0 Å². The lowest BCUT2D eigenvalue weighted by molar-refractivity contribution is -0.137. The lowest BCUT2D eigenvalue weighted by Crippen LogP contribution is -2.57. The van der Waals surface area contributed by atoms with E-state index in [0.717, 1.165) is 25.8 Å². The van der Waals surface area contributed by atoms with Crippen molar-refractivity contribution in [3.63, 3.8) is 0 Å². The SMILES string of the molecule is CC(C)C1(c2noc(C3CCC(F)(F)CC3)n2)CCN(C(=O)C2CCC3(CCC3)CN2)CC1. The second kappa shape index (κ2) is 8.58. The molecule has 1 amide bonds. The zero-order valence-corrected chi connectivity index (χ0v) is 20.0. The highest BCUT2D eigenvalue weighted by Crippen LogP contribution is 2.47. The molecule has 6 nitrogen and oxygen atoms in total. The Morgan fingerprint density at radius 3 is 2.30 bits per heavy atom. The first-order valence-corrected chi connectivity index (χ1v) is 13.0. The van der Waals surface area contributed by atoms with Crippen LogP contribution in [0.4, 0.5) is 8.78 Å². The van der Waals surface area contributed by atoms with Gasteiger partial charge in [0.25, 0.3) is 0 Å². The molecule has 5 rings (SSSR count). The minimum Gasteiger partial charge on any atom is -0.341 e. The number of likely N-dealkylation sites (tertiary alicyclic amines) is 1. The first-order chi connectivity index (χ1) is 15.7. The van der Waals surface area contributed by atoms with E-state index in [0.29, 0.717) is 49.0 Å². The number of alkyl halides is 2. The highest BCUT2D eigenvalue weighted by Gasteiger charge is 2.47. The minimum atomic E-state index is -2.57. The fourth-order valence-corrected chi connectivity index (χ4v) is 6.59. The number of nitrogens with one attached hydrogen (secondary N) is 1. The lowest BCUT2D eigenvalue weighted by atomic mass is 9.64. The number of nitrogens with zero attached hydrogens (tertiary/aromatic N) is 3. The second-order valence-corrected chi connectivity index (χ2v) is 11.5. The van der Waals surface area contributed by atoms with E-state index < -0.39 is 5.92 Å². The summed E-state index contributed by atoms with van der Waals surface area (Å²) in [6, 6.07) is -0.0519. The molecule has 2 aliphatic carbocycles. The monoisotopic (exact) mass is 464 g/mol. The molecule has 1 unspecified atom stereocenters. The van der Waals surface area contributed by atoms with Gasteiger partial charge in [-0.25, -0.2) is 8.78 Å². The van der Waals surface area contributed by atoms with Gasteiger partial charge < -0.3 is 14.7 Å². The average molecular weight is 465 g/mol. The quantitative estimate of drug-likeness (QED) is 0.693. The van der Waals surface area contributed by atoms with Gasteiger partial charge >= 0.3 is 0 Å². The molecule has 1 aromatic rings. The van der Waals surface area contributed by atoms with E-state index in [2.05, 4.69) is 24.3 Å². The topological polar surface area (TPSA) is 71.3 Å². The van der Waals surface area contributed by atoms with Crippen LogP contribution in [0.3, 0.4) is 0 Å². The number of carbonyl (C=O) groups excluding carboxylic acids is 1. The smallest absolute Gasteiger partial charge is 0.248 e. The van der Waals surface area contributed by atoms with Crippen molar-refractivity contribution in [2.24, 2.45) is 11.3 Å². The lowest BCUT2D eigenvalue weighted by Gasteiger charge is -2.48. The van der Waals surface area contributed by atoms with Crippen LogP contribution in [0.25, 0.3) is 0 Å². The molecule has 1 spiro atoms. The summed E-state index contributed by atoms with van der Waals surface area (Å²) < 4.78 is 32.7. The summed E-state index contributed by atoms with van der Waals surface area (Å²) in [4.78, 5) is 20.0. The molecule has 1 atom stereocenters. The van der Waals surface area contributed by atoms with E-state index in [-0.39, 0.29) is 36.1 Å². The van der Waals surface area contributed by atoms with Crippen LogP contribution in [0.5, 0.6) is 0 Å². The number of amides is 1. The summed E-state index contributed by atoms with van der Waals surface area (Å²) in [5, 5.41) is 7.89. The molecule has 2 aliphatic heterocycles. The van der Waals surface area contributed by atoms with Crippen molar-refractivity contribution in [3.8, 4) is 0 Å². The number of halogens is 2. The Morgan fingerprint density at radius 1 is 1.06 bits per heavy atom. The molecule has 2 saturated heterocycles. The first-order valence-electron chi connectivity index (χ1n) is 13.0. The van der Waals surface area contributed by atoms with E-state index >= 15 is 0 Å². The van der Waals surface area contributed by atoms with Gasteiger partial charge in [0.1, 0.15) is 0 Å². The molecule has 4 aliphatic rings. The highest BCUT2D eigenvalue weighted by atomic mass is 19.3. The van der Waals surface area contributed by atoms with Crippen molar-refractivity contribution in [1.82, 2.24) is 20.4 Å². The van der Waals surface area contributed by atoms with Gasteiger partial charge in [-0.15, -0.1) is 0 Å². The van der Waals surface area contributed by atoms with Gasteiger partial charge in [-0.2, -0.15) is 4.98 Å². The Morgan fingerprint density at radius 2 is 1.76 bits per heavy atom. The molecule has 1 N–H and O–H groups in total. The van der Waals surface area contributed by atoms with Crippen LogP contribution in [0, 0.1) is 11.3 Å². The molecular weight excluding hydrogens is 426 g/mol. The van der Waals surface area contributed by atoms with Crippen molar-refractivity contribution in [2.45, 2.75) is 108 Å². The zero-order valence-electron chi connectivity index (χ0n) is 20.0. The maximum Gasteiger partial charge on any atom is 0.248 e. The standard InChI is InChI=1S/C25H38F2N4O2/c1-17(2)24(22-29-20(33-30-22)18-4-10-25(26,27)11-5-18)12-14-31(15-13-24)21(32)19-6-9-23(16-28-19)7-3-8-23/h17-19,28H,3-16H2,1-2H3. The van der Waals surface area contributed by atoms with Gasteiger partial charge in [-0.05, 0) is 62.7 Å². The van der Waals surface area contributed by atoms with Crippen molar-refractivity contribution >= 4 is 5.91 Å². The Bertz CT molecular complexity index is 838. The number of rotatable bonds is 4. The van der Waals surface area contributed by atoms with Crippen LogP contribution in [-0.4, -0.2) is 52.5 Å². The third-order valence-corrected chi connectivity index (χ3v) is 9.43. The summed E-state index contributed by atoms with van der Waals surface area (Å²) in [6.45, 7) is 6.72. The zero-order chi connectivity index (χ0) is 23.3. The molecular formula is C25H38F2N4O2. The van der Waals surface area contributed by atoms with Crippen LogP contribution < -0.4 is 5.32 Å². The third-order valence-electron chi connectivity index (χ3n) is 9.43. The molecule has 0 aromatic carbocycles. The molecule has 184 valence electrons. The van der Waals surface area contributed by atoms with Gasteiger partial charge in [0.15, 0.2) is 5.82 Å². The van der Waals surface area contributed by atoms with Gasteiger partial charge in [-0.1, -0.05) is 25.4 Å². The summed E-state index contributed by atoms with van der Waals surface area (Å²) in [7, 11) is 0. The van der Waals surface area contributed by atoms with Crippen LogP contribution in [0.1, 0.15) is 102 Å². The Balaban J connectivity index is 1.21. The van der Waals surface area contributed by atoms with Gasteiger partial charge in [-0.3, -0.25) is 4.79 Å². The fourth-order valence-electron chi connectivity index (χ4n) is 6.59. The number of hydrogen-bond acceptors (Lipinski definition) is 5. The maximum atomic E-state index is 13.5. The minimum absolute atomic E-state index is 0.0519. The highest BCUT2D eigenvalue weighted by molar-refractivity contribution is 5.82. The predicted octanol–water partition coefficient (Wildman–Crippen LogP) is 4.80. The molecule has 8 heteroatoms. The van der Waals surface area contributed by atoms with E-state index in [9.17, 15) is 13.6 Å². The van der Waals surface area contributed by atoms with E-state index in [1.165, 1.54) is 25.7 Å². The van der Waals surface area contributed by atoms with Crippen LogP contribution in [0.15, 0.2) is 4.52 Å². The van der Waals surface area contributed by atoms with E-state index in [1.807, 2.05) is 4.90 Å². The molecule has 0 radical (unpaired) electrons. The van der Waals surface area contributed by atoms with Crippen molar-refractivity contribution in [3.05, 3.63) is 11.7 Å². The van der Waals surface area contributed by atoms with Crippen molar-refractivity contribution in [2.75, 3.05) is 19.6 Å². The normalized spacial score (nSPS) is 29.2. The number of carbonyl (C=O) groups is 1. The number of hydrogen-bond donors (Lipinski definition) is 1. The van der Waals surface area contributed by atoms with E-state index in [4.69, 9.17) is 9.51 Å². The predicted molar refractivity (Wildman–Crippen MR) is 120 cm³/mol. The van der Waals surface area contributed by atoms with Crippen LogP contribution in [-0.2, 0) is 10.2 Å².